The van der Waals surface area contributed by atoms with Gasteiger partial charge in [0.15, 0.2) is 0 Å². The first-order chi connectivity index (χ1) is 13.7. The zero-order valence-corrected chi connectivity index (χ0v) is 16.8. The lowest BCUT2D eigenvalue weighted by atomic mass is 9.97. The smallest absolute Gasteiger partial charge is 0.416 e. The molecule has 7 heteroatoms. The third kappa shape index (κ3) is 4.56. The summed E-state index contributed by atoms with van der Waals surface area (Å²) >= 11 is 0. The second-order valence-corrected chi connectivity index (χ2v) is 7.17. The lowest BCUT2D eigenvalue weighted by Crippen LogP contribution is -2.27. The monoisotopic (exact) mass is 406 g/mol. The summed E-state index contributed by atoms with van der Waals surface area (Å²) < 4.78 is 46.0. The first kappa shape index (κ1) is 21.2. The average Bonchev–Trinajstić information content (AvgIpc) is 2.66. The molecule has 4 nitrogen and oxygen atoms in total. The Hall–Kier alpha value is -2.54. The number of hydrogen-bond acceptors (Lipinski definition) is 3. The predicted molar refractivity (Wildman–Crippen MR) is 106 cm³/mol. The number of hydrogen-bond donors (Lipinski definition) is 1. The Morgan fingerprint density at radius 1 is 1.24 bits per heavy atom. The van der Waals surface area contributed by atoms with E-state index in [9.17, 15) is 18.0 Å². The fourth-order valence-corrected chi connectivity index (χ4v) is 3.69. The average molecular weight is 406 g/mol. The highest BCUT2D eigenvalue weighted by Crippen LogP contribution is 2.37. The number of aryl methyl sites for hydroxylation is 1. The molecule has 0 bridgehead atoms. The fourth-order valence-electron chi connectivity index (χ4n) is 3.69. The fraction of sp³-hybridized carbons (Fsp3) is 0.409. The van der Waals surface area contributed by atoms with E-state index in [1.165, 1.54) is 6.07 Å². The highest BCUT2D eigenvalue weighted by atomic mass is 19.4. The highest BCUT2D eigenvalue weighted by molar-refractivity contribution is 6.07. The Kier molecular flexibility index (Phi) is 6.17. The summed E-state index contributed by atoms with van der Waals surface area (Å²) in [7, 11) is 2.02. The van der Waals surface area contributed by atoms with Gasteiger partial charge in [-0.05, 0) is 61.7 Å². The standard InChI is InChI=1S/C22H25F3N2O2/c1-4-14-11-20(29-5-2)17(12-18(14)22(23,24)25)21(28)26-19-8-6-7-15-13-27(3)10-9-16(15)19/h6-8,11-12H,4-5,9-10,13H2,1-3H3,(H,26,28). The second-order valence-electron chi connectivity index (χ2n) is 7.17. The van der Waals surface area contributed by atoms with Gasteiger partial charge in [0.05, 0.1) is 17.7 Å². The van der Waals surface area contributed by atoms with E-state index in [4.69, 9.17) is 4.74 Å². The number of rotatable bonds is 5. The number of anilines is 1. The Bertz CT molecular complexity index is 910. The van der Waals surface area contributed by atoms with E-state index in [0.717, 1.165) is 36.7 Å². The minimum Gasteiger partial charge on any atom is -0.493 e. The van der Waals surface area contributed by atoms with Gasteiger partial charge in [0.25, 0.3) is 5.91 Å². The molecule has 0 atom stereocenters. The van der Waals surface area contributed by atoms with E-state index in [1.54, 1.807) is 19.9 Å². The quantitative estimate of drug-likeness (QED) is 0.767. The molecule has 2 aromatic carbocycles. The third-order valence-corrected chi connectivity index (χ3v) is 5.14. The molecule has 1 N–H and O–H groups in total. The molecule has 1 aliphatic heterocycles. The van der Waals surface area contributed by atoms with Gasteiger partial charge in [-0.1, -0.05) is 19.1 Å². The maximum atomic E-state index is 13.5. The van der Waals surface area contributed by atoms with Crippen molar-refractivity contribution in [1.29, 1.82) is 0 Å². The minimum absolute atomic E-state index is 0.109. The number of alkyl halides is 3. The molecule has 0 aromatic heterocycles. The maximum absolute atomic E-state index is 13.5. The van der Waals surface area contributed by atoms with Gasteiger partial charge in [-0.3, -0.25) is 4.79 Å². The summed E-state index contributed by atoms with van der Waals surface area (Å²) in [6.07, 6.45) is -3.58. The van der Waals surface area contributed by atoms with Gasteiger partial charge in [-0.25, -0.2) is 0 Å². The van der Waals surface area contributed by atoms with E-state index in [1.807, 2.05) is 19.2 Å². The van der Waals surface area contributed by atoms with Crippen molar-refractivity contribution in [2.75, 3.05) is 25.5 Å². The van der Waals surface area contributed by atoms with E-state index in [-0.39, 0.29) is 29.9 Å². The number of nitrogens with zero attached hydrogens (tertiary/aromatic N) is 1. The van der Waals surface area contributed by atoms with Crippen LogP contribution in [0.5, 0.6) is 5.75 Å². The number of nitrogens with one attached hydrogen (secondary N) is 1. The van der Waals surface area contributed by atoms with Crippen molar-refractivity contribution in [3.8, 4) is 5.75 Å². The zero-order chi connectivity index (χ0) is 21.2. The minimum atomic E-state index is -4.54. The number of benzene rings is 2. The van der Waals surface area contributed by atoms with Crippen molar-refractivity contribution in [3.05, 3.63) is 58.1 Å². The second kappa shape index (κ2) is 8.45. The molecule has 0 radical (unpaired) electrons. The van der Waals surface area contributed by atoms with Crippen LogP contribution in [0.1, 0.15) is 46.5 Å². The molecule has 1 aliphatic rings. The highest BCUT2D eigenvalue weighted by Gasteiger charge is 2.35. The van der Waals surface area contributed by atoms with E-state index >= 15 is 0 Å². The molecule has 0 saturated carbocycles. The van der Waals surface area contributed by atoms with Crippen molar-refractivity contribution in [1.82, 2.24) is 4.90 Å². The number of amides is 1. The molecule has 156 valence electrons. The molecule has 0 unspecified atom stereocenters. The Morgan fingerprint density at radius 3 is 2.66 bits per heavy atom. The summed E-state index contributed by atoms with van der Waals surface area (Å²) in [5, 5.41) is 2.81. The lowest BCUT2D eigenvalue weighted by Gasteiger charge is -2.27. The summed E-state index contributed by atoms with van der Waals surface area (Å²) in [6.45, 7) is 5.25. The van der Waals surface area contributed by atoms with Crippen molar-refractivity contribution in [3.63, 3.8) is 0 Å². The van der Waals surface area contributed by atoms with Crippen LogP contribution in [0.2, 0.25) is 0 Å². The van der Waals surface area contributed by atoms with E-state index in [0.29, 0.717) is 5.69 Å². The number of ether oxygens (including phenoxy) is 1. The van der Waals surface area contributed by atoms with E-state index in [2.05, 4.69) is 10.2 Å². The number of likely N-dealkylation sites (N-methyl/N-ethyl adjacent to an activating group) is 1. The normalized spacial score (nSPS) is 14.4. The van der Waals surface area contributed by atoms with Gasteiger partial charge in [-0.15, -0.1) is 0 Å². The number of carbonyl (C=O) groups excluding carboxylic acids is 1. The summed E-state index contributed by atoms with van der Waals surface area (Å²) in [4.78, 5) is 15.2. The molecule has 29 heavy (non-hydrogen) atoms. The van der Waals surface area contributed by atoms with Crippen LogP contribution in [0.3, 0.4) is 0 Å². The van der Waals surface area contributed by atoms with Crippen LogP contribution in [0.15, 0.2) is 30.3 Å². The summed E-state index contributed by atoms with van der Waals surface area (Å²) in [6, 6.07) is 7.87. The van der Waals surface area contributed by atoms with Crippen LogP contribution < -0.4 is 10.1 Å². The number of fused-ring (bicyclic) bond motifs is 1. The largest absolute Gasteiger partial charge is 0.493 e. The van der Waals surface area contributed by atoms with Crippen LogP contribution in [-0.2, 0) is 25.6 Å². The van der Waals surface area contributed by atoms with Crippen LogP contribution in [-0.4, -0.2) is 31.0 Å². The van der Waals surface area contributed by atoms with Crippen LogP contribution in [0.25, 0.3) is 0 Å². The first-order valence-electron chi connectivity index (χ1n) is 9.72. The molecule has 0 aliphatic carbocycles. The Morgan fingerprint density at radius 2 is 2.00 bits per heavy atom. The lowest BCUT2D eigenvalue weighted by molar-refractivity contribution is -0.138. The zero-order valence-electron chi connectivity index (χ0n) is 16.8. The maximum Gasteiger partial charge on any atom is 0.416 e. The van der Waals surface area contributed by atoms with Gasteiger partial charge in [0.2, 0.25) is 0 Å². The molecule has 3 rings (SSSR count). The third-order valence-electron chi connectivity index (χ3n) is 5.14. The molecular weight excluding hydrogens is 381 g/mol. The van der Waals surface area contributed by atoms with Gasteiger partial charge in [0.1, 0.15) is 5.75 Å². The van der Waals surface area contributed by atoms with Crippen molar-refractivity contribution in [2.45, 2.75) is 39.4 Å². The van der Waals surface area contributed by atoms with Crippen molar-refractivity contribution >= 4 is 11.6 Å². The summed E-state index contributed by atoms with van der Waals surface area (Å²) in [5.41, 5.74) is 1.97. The van der Waals surface area contributed by atoms with Crippen molar-refractivity contribution in [2.24, 2.45) is 0 Å². The van der Waals surface area contributed by atoms with Gasteiger partial charge in [0, 0.05) is 18.8 Å². The van der Waals surface area contributed by atoms with Crippen molar-refractivity contribution < 1.29 is 22.7 Å². The molecule has 0 spiro atoms. The number of carbonyl (C=O) groups is 1. The molecule has 0 saturated heterocycles. The Balaban J connectivity index is 2.00. The Labute approximate surface area is 168 Å². The topological polar surface area (TPSA) is 41.6 Å². The summed E-state index contributed by atoms with van der Waals surface area (Å²) in [5.74, 6) is -0.437. The molecule has 0 fully saturated rings. The molecule has 1 amide bonds. The van der Waals surface area contributed by atoms with Crippen LogP contribution in [0.4, 0.5) is 18.9 Å². The SMILES string of the molecule is CCOc1cc(CC)c(C(F)(F)F)cc1C(=O)Nc1cccc2c1CCN(C)C2. The predicted octanol–water partition coefficient (Wildman–Crippen LogP) is 4.91. The van der Waals surface area contributed by atoms with Gasteiger partial charge < -0.3 is 15.0 Å². The van der Waals surface area contributed by atoms with Crippen LogP contribution >= 0.6 is 0 Å². The molecule has 2 aromatic rings. The van der Waals surface area contributed by atoms with Gasteiger partial charge in [-0.2, -0.15) is 13.2 Å². The first-order valence-corrected chi connectivity index (χ1v) is 9.72. The van der Waals surface area contributed by atoms with E-state index < -0.39 is 17.6 Å². The van der Waals surface area contributed by atoms with Gasteiger partial charge >= 0.3 is 6.18 Å². The molecule has 1 heterocycles. The molecular formula is C22H25F3N2O2. The van der Waals surface area contributed by atoms with Crippen LogP contribution in [0, 0.1) is 0 Å². The number of halogens is 3.